The van der Waals surface area contributed by atoms with Crippen LogP contribution in [-0.4, -0.2) is 40.8 Å². The summed E-state index contributed by atoms with van der Waals surface area (Å²) in [7, 11) is 0. The molecule has 1 unspecified atom stereocenters. The van der Waals surface area contributed by atoms with Crippen molar-refractivity contribution in [1.82, 2.24) is 9.88 Å². The van der Waals surface area contributed by atoms with E-state index in [0.717, 1.165) is 58.1 Å². The minimum Gasteiger partial charge on any atom is -0.304 e. The Kier molecular flexibility index (Phi) is 9.29. The number of anilines is 1. The standard InChI is InChI=1S/C22H29ClN4S3/c1-4-26(5-2)11-8-12-28-17-13-20(30-19-10-7-6-9-18(19)23)21(25-14-17)27-16(3)15-29-22(27)24/h6-7,9-10,13-15,22H,4-5,8,11-12,24H2,1-3H3. The van der Waals surface area contributed by atoms with Crippen molar-refractivity contribution >= 4 is 52.7 Å². The van der Waals surface area contributed by atoms with Gasteiger partial charge in [0.05, 0.1) is 9.92 Å². The molecule has 0 fully saturated rings. The molecule has 0 saturated carbocycles. The summed E-state index contributed by atoms with van der Waals surface area (Å²) < 4.78 is 0. The zero-order valence-electron chi connectivity index (χ0n) is 17.7. The van der Waals surface area contributed by atoms with E-state index in [2.05, 4.69) is 42.0 Å². The van der Waals surface area contributed by atoms with Crippen LogP contribution >= 0.6 is 46.9 Å². The lowest BCUT2D eigenvalue weighted by atomic mass is 10.4. The molecule has 0 aliphatic carbocycles. The van der Waals surface area contributed by atoms with E-state index in [1.165, 1.54) is 4.90 Å². The number of hydrogen-bond donors (Lipinski definition) is 1. The van der Waals surface area contributed by atoms with Crippen molar-refractivity contribution in [1.29, 1.82) is 0 Å². The molecule has 1 aliphatic rings. The molecular formula is C22H29ClN4S3. The molecule has 2 heterocycles. The van der Waals surface area contributed by atoms with Gasteiger partial charge >= 0.3 is 0 Å². The van der Waals surface area contributed by atoms with Crippen molar-refractivity contribution in [2.24, 2.45) is 5.73 Å². The number of pyridine rings is 1. The Balaban J connectivity index is 1.80. The summed E-state index contributed by atoms with van der Waals surface area (Å²) in [6, 6.07) is 10.2. The Morgan fingerprint density at radius 3 is 2.67 bits per heavy atom. The second-order valence-corrected chi connectivity index (χ2v) is 10.6. The van der Waals surface area contributed by atoms with Gasteiger partial charge in [0.25, 0.3) is 0 Å². The lowest BCUT2D eigenvalue weighted by molar-refractivity contribution is 0.305. The predicted molar refractivity (Wildman–Crippen MR) is 135 cm³/mol. The first-order valence-electron chi connectivity index (χ1n) is 10.2. The van der Waals surface area contributed by atoms with E-state index < -0.39 is 0 Å². The van der Waals surface area contributed by atoms with Crippen LogP contribution in [0.5, 0.6) is 0 Å². The number of benzene rings is 1. The van der Waals surface area contributed by atoms with E-state index >= 15 is 0 Å². The second kappa shape index (κ2) is 11.7. The Bertz CT molecular complexity index is 873. The molecule has 8 heteroatoms. The lowest BCUT2D eigenvalue weighted by Crippen LogP contribution is -2.35. The maximum atomic E-state index is 6.44. The molecular weight excluding hydrogens is 452 g/mol. The first-order chi connectivity index (χ1) is 14.5. The van der Waals surface area contributed by atoms with Gasteiger partial charge in [-0.1, -0.05) is 61.1 Å². The van der Waals surface area contributed by atoms with Crippen LogP contribution in [0.15, 0.2) is 62.3 Å². The van der Waals surface area contributed by atoms with E-state index in [9.17, 15) is 0 Å². The summed E-state index contributed by atoms with van der Waals surface area (Å²) in [6.07, 6.45) is 3.13. The summed E-state index contributed by atoms with van der Waals surface area (Å²) in [5, 5.41) is 2.84. The third-order valence-corrected chi connectivity index (χ3v) is 8.44. The average Bonchev–Trinajstić information content (AvgIpc) is 3.08. The van der Waals surface area contributed by atoms with Crippen molar-refractivity contribution < 1.29 is 0 Å². The quantitative estimate of drug-likeness (QED) is 0.313. The number of aromatic nitrogens is 1. The molecule has 1 aliphatic heterocycles. The van der Waals surface area contributed by atoms with Gasteiger partial charge in [0.2, 0.25) is 0 Å². The third-order valence-electron chi connectivity index (χ3n) is 4.89. The molecule has 2 aromatic rings. The fourth-order valence-electron chi connectivity index (χ4n) is 3.19. The highest BCUT2D eigenvalue weighted by molar-refractivity contribution is 8.03. The van der Waals surface area contributed by atoms with Gasteiger partial charge in [-0.05, 0) is 62.3 Å². The molecule has 2 N–H and O–H groups in total. The Hall–Kier alpha value is -0.830. The molecule has 0 spiro atoms. The van der Waals surface area contributed by atoms with E-state index in [-0.39, 0.29) is 5.50 Å². The first kappa shape index (κ1) is 23.8. The van der Waals surface area contributed by atoms with Gasteiger partial charge < -0.3 is 15.5 Å². The molecule has 1 atom stereocenters. The van der Waals surface area contributed by atoms with Gasteiger partial charge in [0.1, 0.15) is 11.3 Å². The highest BCUT2D eigenvalue weighted by atomic mass is 35.5. The number of thioether (sulfide) groups is 2. The summed E-state index contributed by atoms with van der Waals surface area (Å²) in [6.45, 7) is 9.86. The highest BCUT2D eigenvalue weighted by Gasteiger charge is 2.26. The maximum Gasteiger partial charge on any atom is 0.148 e. The molecule has 30 heavy (non-hydrogen) atoms. The molecule has 0 amide bonds. The van der Waals surface area contributed by atoms with Gasteiger partial charge in [-0.2, -0.15) is 0 Å². The molecule has 0 saturated heterocycles. The summed E-state index contributed by atoms with van der Waals surface area (Å²) in [5.41, 5.74) is 7.29. The highest BCUT2D eigenvalue weighted by Crippen LogP contribution is 2.42. The van der Waals surface area contributed by atoms with E-state index in [1.54, 1.807) is 23.5 Å². The van der Waals surface area contributed by atoms with Crippen LogP contribution in [0.3, 0.4) is 0 Å². The van der Waals surface area contributed by atoms with Gasteiger partial charge in [0, 0.05) is 21.7 Å². The Morgan fingerprint density at radius 1 is 1.23 bits per heavy atom. The zero-order chi connectivity index (χ0) is 21.5. The molecule has 4 nitrogen and oxygen atoms in total. The number of allylic oxidation sites excluding steroid dienone is 1. The zero-order valence-corrected chi connectivity index (χ0v) is 20.9. The van der Waals surface area contributed by atoms with Crippen LogP contribution in [-0.2, 0) is 0 Å². The van der Waals surface area contributed by atoms with Crippen LogP contribution in [0.1, 0.15) is 27.2 Å². The Morgan fingerprint density at radius 2 is 2.00 bits per heavy atom. The minimum atomic E-state index is -0.157. The lowest BCUT2D eigenvalue weighted by Gasteiger charge is -2.26. The fourth-order valence-corrected chi connectivity index (χ4v) is 6.17. The van der Waals surface area contributed by atoms with Crippen molar-refractivity contribution in [3.8, 4) is 0 Å². The summed E-state index contributed by atoms with van der Waals surface area (Å²) in [4.78, 5) is 12.7. The number of nitrogens with two attached hydrogens (primary N) is 1. The molecule has 0 radical (unpaired) electrons. The number of halogens is 1. The van der Waals surface area contributed by atoms with Gasteiger partial charge in [-0.3, -0.25) is 0 Å². The largest absolute Gasteiger partial charge is 0.304 e. The van der Waals surface area contributed by atoms with E-state index in [4.69, 9.17) is 22.3 Å². The molecule has 0 bridgehead atoms. The average molecular weight is 481 g/mol. The van der Waals surface area contributed by atoms with Crippen LogP contribution in [0.25, 0.3) is 0 Å². The van der Waals surface area contributed by atoms with Crippen LogP contribution in [0.2, 0.25) is 5.02 Å². The van der Waals surface area contributed by atoms with Crippen LogP contribution in [0, 0.1) is 0 Å². The number of rotatable bonds is 10. The third kappa shape index (κ3) is 6.11. The van der Waals surface area contributed by atoms with Crippen molar-refractivity contribution in [3.05, 3.63) is 52.7 Å². The fraction of sp³-hybridized carbons (Fsp3) is 0.409. The van der Waals surface area contributed by atoms with Crippen molar-refractivity contribution in [3.63, 3.8) is 0 Å². The molecule has 162 valence electrons. The SMILES string of the molecule is CCN(CC)CCCSc1cnc(N2C(C)=CSC2N)c(Sc2ccccc2Cl)c1. The molecule has 3 rings (SSSR count). The normalized spacial score (nSPS) is 16.4. The maximum absolute atomic E-state index is 6.44. The van der Waals surface area contributed by atoms with E-state index in [1.807, 2.05) is 42.2 Å². The van der Waals surface area contributed by atoms with Crippen molar-refractivity contribution in [2.75, 3.05) is 30.3 Å². The number of nitrogens with zero attached hydrogens (tertiary/aromatic N) is 3. The topological polar surface area (TPSA) is 45.4 Å². The minimum absolute atomic E-state index is 0.157. The number of hydrogen-bond acceptors (Lipinski definition) is 7. The van der Waals surface area contributed by atoms with E-state index in [0.29, 0.717) is 0 Å². The van der Waals surface area contributed by atoms with Crippen molar-refractivity contribution in [2.45, 2.75) is 47.4 Å². The smallest absolute Gasteiger partial charge is 0.148 e. The van der Waals surface area contributed by atoms with Gasteiger partial charge in [-0.25, -0.2) is 4.98 Å². The summed E-state index contributed by atoms with van der Waals surface area (Å²) >= 11 is 11.6. The van der Waals surface area contributed by atoms with Gasteiger partial charge in [0.15, 0.2) is 0 Å². The molecule has 1 aromatic heterocycles. The van der Waals surface area contributed by atoms with Gasteiger partial charge in [-0.15, -0.1) is 11.8 Å². The molecule has 1 aromatic carbocycles. The summed E-state index contributed by atoms with van der Waals surface area (Å²) in [5.74, 6) is 1.96. The van der Waals surface area contributed by atoms with Crippen LogP contribution < -0.4 is 10.6 Å². The second-order valence-electron chi connectivity index (χ2n) is 6.91. The monoisotopic (exact) mass is 480 g/mol. The first-order valence-corrected chi connectivity index (χ1v) is 13.3. The predicted octanol–water partition coefficient (Wildman–Crippen LogP) is 6.37. The van der Waals surface area contributed by atoms with Crippen LogP contribution in [0.4, 0.5) is 5.82 Å². The Labute approximate surface area is 198 Å².